The molecule has 1 aromatic heterocycles. The van der Waals surface area contributed by atoms with Crippen molar-refractivity contribution in [3.05, 3.63) is 20.8 Å². The molecule has 0 spiro atoms. The summed E-state index contributed by atoms with van der Waals surface area (Å²) in [6.07, 6.45) is 0.796. The predicted molar refractivity (Wildman–Crippen MR) is 70.2 cm³/mol. The SMILES string of the molecule is CCC(S)COC(=O)CSc1n[nH]c(=O)[nH]c1=O. The predicted octanol–water partition coefficient (Wildman–Crippen LogP) is -0.198. The summed E-state index contributed by atoms with van der Waals surface area (Å²) < 4.78 is 4.93. The summed E-state index contributed by atoms with van der Waals surface area (Å²) in [5, 5.41) is 5.62. The van der Waals surface area contributed by atoms with Crippen molar-refractivity contribution in [3.63, 3.8) is 0 Å². The first-order valence-electron chi connectivity index (χ1n) is 5.18. The van der Waals surface area contributed by atoms with Gasteiger partial charge in [-0.2, -0.15) is 17.7 Å². The number of ether oxygens (including phenoxy) is 1. The molecule has 1 rings (SSSR count). The lowest BCUT2D eigenvalue weighted by Crippen LogP contribution is -2.25. The maximum absolute atomic E-state index is 11.3. The molecule has 1 heterocycles. The maximum Gasteiger partial charge on any atom is 0.342 e. The number of esters is 1. The zero-order valence-corrected chi connectivity index (χ0v) is 11.3. The molecule has 100 valence electrons. The van der Waals surface area contributed by atoms with E-state index >= 15 is 0 Å². The molecule has 1 unspecified atom stereocenters. The van der Waals surface area contributed by atoms with Crippen LogP contribution < -0.4 is 11.2 Å². The van der Waals surface area contributed by atoms with Crippen LogP contribution in [0.2, 0.25) is 0 Å². The number of thiol groups is 1. The van der Waals surface area contributed by atoms with Crippen molar-refractivity contribution < 1.29 is 9.53 Å². The van der Waals surface area contributed by atoms with Crippen molar-refractivity contribution in [1.29, 1.82) is 0 Å². The molecule has 1 aromatic rings. The minimum absolute atomic E-state index is 0.00792. The van der Waals surface area contributed by atoms with Crippen LogP contribution in [0.5, 0.6) is 0 Å². The Hall–Kier alpha value is -1.22. The quantitative estimate of drug-likeness (QED) is 0.381. The molecule has 0 aromatic carbocycles. The summed E-state index contributed by atoms with van der Waals surface area (Å²) in [7, 11) is 0. The molecule has 0 aliphatic heterocycles. The van der Waals surface area contributed by atoms with Crippen LogP contribution in [0.1, 0.15) is 13.3 Å². The van der Waals surface area contributed by atoms with Gasteiger partial charge in [0, 0.05) is 5.25 Å². The first-order chi connectivity index (χ1) is 8.52. The van der Waals surface area contributed by atoms with Gasteiger partial charge >= 0.3 is 11.7 Å². The molecule has 7 nitrogen and oxygen atoms in total. The van der Waals surface area contributed by atoms with Crippen LogP contribution >= 0.6 is 24.4 Å². The minimum atomic E-state index is -0.687. The molecule has 0 fully saturated rings. The van der Waals surface area contributed by atoms with Gasteiger partial charge < -0.3 is 4.74 Å². The molecular formula is C9H13N3O4S2. The number of H-pyrrole nitrogens is 2. The largest absolute Gasteiger partial charge is 0.464 e. The monoisotopic (exact) mass is 291 g/mol. The van der Waals surface area contributed by atoms with Crippen LogP contribution in [0.15, 0.2) is 14.6 Å². The highest BCUT2D eigenvalue weighted by molar-refractivity contribution is 7.99. The molecule has 0 saturated carbocycles. The number of hydrogen-bond acceptors (Lipinski definition) is 7. The van der Waals surface area contributed by atoms with Gasteiger partial charge in [-0.3, -0.25) is 14.6 Å². The van der Waals surface area contributed by atoms with E-state index in [-0.39, 0.29) is 22.6 Å². The van der Waals surface area contributed by atoms with Gasteiger partial charge in [0.15, 0.2) is 5.03 Å². The van der Waals surface area contributed by atoms with Crippen molar-refractivity contribution >= 4 is 30.4 Å². The van der Waals surface area contributed by atoms with Crippen molar-refractivity contribution in [2.45, 2.75) is 23.6 Å². The molecule has 9 heteroatoms. The summed E-state index contributed by atoms with van der Waals surface area (Å²) in [5.41, 5.74) is -1.31. The highest BCUT2D eigenvalue weighted by Gasteiger charge is 2.10. The van der Waals surface area contributed by atoms with Gasteiger partial charge in [-0.1, -0.05) is 18.7 Å². The average Bonchev–Trinajstić information content (AvgIpc) is 2.34. The van der Waals surface area contributed by atoms with Crippen molar-refractivity contribution in [2.75, 3.05) is 12.4 Å². The van der Waals surface area contributed by atoms with E-state index in [0.717, 1.165) is 18.2 Å². The topological polar surface area (TPSA) is 105 Å². The number of rotatable bonds is 6. The lowest BCUT2D eigenvalue weighted by Gasteiger charge is -2.08. The van der Waals surface area contributed by atoms with Gasteiger partial charge in [0.25, 0.3) is 5.56 Å². The first kappa shape index (κ1) is 14.8. The fourth-order valence-electron chi connectivity index (χ4n) is 0.911. The summed E-state index contributed by atoms with van der Waals surface area (Å²) in [4.78, 5) is 35.3. The highest BCUT2D eigenvalue weighted by atomic mass is 32.2. The van der Waals surface area contributed by atoms with Crippen molar-refractivity contribution in [3.8, 4) is 0 Å². The van der Waals surface area contributed by atoms with E-state index in [4.69, 9.17) is 4.74 Å². The van der Waals surface area contributed by atoms with Gasteiger partial charge in [-0.25, -0.2) is 9.89 Å². The van der Waals surface area contributed by atoms with Crippen LogP contribution in [-0.4, -0.2) is 38.8 Å². The molecule has 0 aliphatic carbocycles. The second kappa shape index (κ2) is 7.27. The fraction of sp³-hybridized carbons (Fsp3) is 0.556. The van der Waals surface area contributed by atoms with E-state index in [1.807, 2.05) is 11.9 Å². The highest BCUT2D eigenvalue weighted by Crippen LogP contribution is 2.09. The third kappa shape index (κ3) is 4.96. The zero-order valence-electron chi connectivity index (χ0n) is 9.63. The number of aromatic nitrogens is 3. The molecule has 2 N–H and O–H groups in total. The number of hydrogen-bond donors (Lipinski definition) is 3. The van der Waals surface area contributed by atoms with Gasteiger partial charge in [0.1, 0.15) is 6.61 Å². The minimum Gasteiger partial charge on any atom is -0.464 e. The van der Waals surface area contributed by atoms with E-state index in [2.05, 4.69) is 22.8 Å². The number of carbonyl (C=O) groups is 1. The Bertz CT molecular complexity index is 513. The Balaban J connectivity index is 2.43. The molecule has 18 heavy (non-hydrogen) atoms. The van der Waals surface area contributed by atoms with E-state index in [9.17, 15) is 14.4 Å². The van der Waals surface area contributed by atoms with Gasteiger partial charge in [0.05, 0.1) is 5.75 Å². The van der Waals surface area contributed by atoms with Gasteiger partial charge in [0.2, 0.25) is 0 Å². The Morgan fingerprint density at radius 1 is 1.56 bits per heavy atom. The lowest BCUT2D eigenvalue weighted by atomic mass is 10.3. The first-order valence-corrected chi connectivity index (χ1v) is 6.68. The summed E-state index contributed by atoms with van der Waals surface area (Å²) in [6.45, 7) is 2.17. The Morgan fingerprint density at radius 2 is 2.28 bits per heavy atom. The summed E-state index contributed by atoms with van der Waals surface area (Å²) in [5.74, 6) is -0.508. The maximum atomic E-state index is 11.3. The molecular weight excluding hydrogens is 278 g/mol. The molecule has 0 amide bonds. The van der Waals surface area contributed by atoms with E-state index in [0.29, 0.717) is 0 Å². The summed E-state index contributed by atoms with van der Waals surface area (Å²) in [6, 6.07) is 0. The third-order valence-corrected chi connectivity index (χ3v) is 3.36. The Kier molecular flexibility index (Phi) is 5.99. The molecule has 0 aliphatic rings. The number of nitrogens with one attached hydrogen (secondary N) is 2. The van der Waals surface area contributed by atoms with E-state index < -0.39 is 17.2 Å². The van der Waals surface area contributed by atoms with Crippen LogP contribution in [-0.2, 0) is 9.53 Å². The number of thioether (sulfide) groups is 1. The van der Waals surface area contributed by atoms with Crippen LogP contribution in [0, 0.1) is 0 Å². The lowest BCUT2D eigenvalue weighted by molar-refractivity contribution is -0.140. The van der Waals surface area contributed by atoms with Gasteiger partial charge in [-0.05, 0) is 6.42 Å². The number of nitrogens with zero attached hydrogens (tertiary/aromatic N) is 1. The third-order valence-electron chi connectivity index (χ3n) is 1.91. The molecule has 0 bridgehead atoms. The molecule has 0 saturated heterocycles. The van der Waals surface area contributed by atoms with Crippen LogP contribution in [0.25, 0.3) is 0 Å². The van der Waals surface area contributed by atoms with Gasteiger partial charge in [-0.15, -0.1) is 0 Å². The van der Waals surface area contributed by atoms with E-state index in [1.54, 1.807) is 0 Å². The standard InChI is InChI=1S/C9H13N3O4S2/c1-2-5(17)3-16-6(13)4-18-8-7(14)10-9(15)12-11-8/h5,17H,2-4H2,1H3,(H2,10,12,14,15). The van der Waals surface area contributed by atoms with Crippen molar-refractivity contribution in [1.82, 2.24) is 15.2 Å². The molecule has 1 atom stereocenters. The number of carbonyl (C=O) groups excluding carboxylic acids is 1. The smallest absolute Gasteiger partial charge is 0.342 e. The van der Waals surface area contributed by atoms with Crippen LogP contribution in [0.3, 0.4) is 0 Å². The normalized spacial score (nSPS) is 12.1. The summed E-state index contributed by atoms with van der Waals surface area (Å²) >= 11 is 5.08. The average molecular weight is 291 g/mol. The van der Waals surface area contributed by atoms with E-state index in [1.165, 1.54) is 0 Å². The Morgan fingerprint density at radius 3 is 2.89 bits per heavy atom. The number of aromatic amines is 2. The van der Waals surface area contributed by atoms with Crippen molar-refractivity contribution in [2.24, 2.45) is 0 Å². The van der Waals surface area contributed by atoms with Crippen LogP contribution in [0.4, 0.5) is 0 Å². The second-order valence-corrected chi connectivity index (χ2v) is 5.04. The molecule has 0 radical (unpaired) electrons. The Labute approximate surface area is 112 Å². The zero-order chi connectivity index (χ0) is 13.5. The second-order valence-electron chi connectivity index (χ2n) is 3.35. The fourth-order valence-corrected chi connectivity index (χ4v) is 1.62.